The van der Waals surface area contributed by atoms with Crippen LogP contribution >= 0.6 is 0 Å². The number of carbonyl (C=O) groups excluding carboxylic acids is 1. The van der Waals surface area contributed by atoms with Gasteiger partial charge in [-0.1, -0.05) is 51.1 Å². The van der Waals surface area contributed by atoms with Gasteiger partial charge in [-0.2, -0.15) is 0 Å². The zero-order chi connectivity index (χ0) is 15.2. The molecule has 1 aliphatic rings. The molecule has 1 fully saturated rings. The lowest BCUT2D eigenvalue weighted by atomic mass is 9.96. The predicted octanol–water partition coefficient (Wildman–Crippen LogP) is 2.85. The molecule has 3 heteroatoms. The highest BCUT2D eigenvalue weighted by molar-refractivity contribution is 5.76. The lowest BCUT2D eigenvalue weighted by molar-refractivity contribution is -0.135. The highest BCUT2D eigenvalue weighted by atomic mass is 16.2. The van der Waals surface area contributed by atoms with Crippen molar-refractivity contribution in [3.63, 3.8) is 0 Å². The minimum atomic E-state index is 0.292. The Kier molecular flexibility index (Phi) is 5.80. The number of amides is 1. The average Bonchev–Trinajstić information content (AvgIpc) is 2.48. The van der Waals surface area contributed by atoms with E-state index in [1.54, 1.807) is 0 Å². The van der Waals surface area contributed by atoms with Crippen molar-refractivity contribution >= 4 is 5.91 Å². The van der Waals surface area contributed by atoms with Gasteiger partial charge in [-0.25, -0.2) is 0 Å². The molecule has 1 aliphatic heterocycles. The van der Waals surface area contributed by atoms with Gasteiger partial charge in [0.15, 0.2) is 0 Å². The average molecular weight is 288 g/mol. The summed E-state index contributed by atoms with van der Waals surface area (Å²) in [7, 11) is 0. The fourth-order valence-electron chi connectivity index (χ4n) is 3.16. The van der Waals surface area contributed by atoms with E-state index in [4.69, 9.17) is 0 Å². The molecule has 1 aromatic carbocycles. The first-order valence-electron chi connectivity index (χ1n) is 8.17. The van der Waals surface area contributed by atoms with Crippen LogP contribution in [0.1, 0.15) is 39.2 Å². The molecule has 1 aromatic rings. The normalized spacial score (nSPS) is 22.6. The Morgan fingerprint density at radius 1 is 1.33 bits per heavy atom. The van der Waals surface area contributed by atoms with Gasteiger partial charge in [-0.3, -0.25) is 4.79 Å². The Labute approximate surface area is 128 Å². The second-order valence-corrected chi connectivity index (χ2v) is 6.48. The minimum Gasteiger partial charge on any atom is -0.337 e. The van der Waals surface area contributed by atoms with Crippen LogP contribution in [-0.4, -0.2) is 36.0 Å². The molecule has 0 radical (unpaired) electrons. The molecule has 0 bridgehead atoms. The van der Waals surface area contributed by atoms with Gasteiger partial charge >= 0.3 is 0 Å². The first-order valence-corrected chi connectivity index (χ1v) is 8.17. The van der Waals surface area contributed by atoms with Gasteiger partial charge in [-0.05, 0) is 24.3 Å². The van der Waals surface area contributed by atoms with Gasteiger partial charge in [0.1, 0.15) is 0 Å². The van der Waals surface area contributed by atoms with Gasteiger partial charge in [0.25, 0.3) is 0 Å². The largest absolute Gasteiger partial charge is 0.337 e. The third kappa shape index (κ3) is 4.57. The summed E-state index contributed by atoms with van der Waals surface area (Å²) in [6.45, 7) is 8.17. The van der Waals surface area contributed by atoms with Crippen LogP contribution in [0.15, 0.2) is 30.3 Å². The first kappa shape index (κ1) is 16.0. The Morgan fingerprint density at radius 2 is 2.05 bits per heavy atom. The Morgan fingerprint density at radius 3 is 2.67 bits per heavy atom. The van der Waals surface area contributed by atoms with Gasteiger partial charge in [0, 0.05) is 31.6 Å². The Balaban J connectivity index is 2.00. The van der Waals surface area contributed by atoms with Gasteiger partial charge in [-0.15, -0.1) is 0 Å². The Hall–Kier alpha value is -1.35. The third-order valence-corrected chi connectivity index (χ3v) is 4.19. The molecule has 1 heterocycles. The maximum atomic E-state index is 12.3. The monoisotopic (exact) mass is 288 g/mol. The Bertz CT molecular complexity index is 444. The summed E-state index contributed by atoms with van der Waals surface area (Å²) in [5.74, 6) is 0.912. The van der Waals surface area contributed by atoms with Crippen LogP contribution < -0.4 is 5.32 Å². The van der Waals surface area contributed by atoms with E-state index >= 15 is 0 Å². The summed E-state index contributed by atoms with van der Waals surface area (Å²) in [6.07, 6.45) is 2.67. The van der Waals surface area contributed by atoms with E-state index in [0.717, 1.165) is 25.9 Å². The zero-order valence-corrected chi connectivity index (χ0v) is 13.5. The second kappa shape index (κ2) is 7.60. The SMILES string of the molecule is CCC(=O)N1CC(Cc2ccccc2)NCC1CC(C)C. The molecule has 2 atom stereocenters. The maximum Gasteiger partial charge on any atom is 0.222 e. The molecule has 1 N–H and O–H groups in total. The van der Waals surface area contributed by atoms with Crippen molar-refractivity contribution in [3.8, 4) is 0 Å². The molecule has 1 amide bonds. The van der Waals surface area contributed by atoms with Gasteiger partial charge in [0.2, 0.25) is 5.91 Å². The molecule has 3 nitrogen and oxygen atoms in total. The number of hydrogen-bond donors (Lipinski definition) is 1. The summed E-state index contributed by atoms with van der Waals surface area (Å²) in [5, 5.41) is 3.64. The number of nitrogens with one attached hydrogen (secondary N) is 1. The maximum absolute atomic E-state index is 12.3. The lowest BCUT2D eigenvalue weighted by Crippen LogP contribution is -2.59. The summed E-state index contributed by atoms with van der Waals surface area (Å²) < 4.78 is 0. The van der Waals surface area contributed by atoms with Crippen molar-refractivity contribution in [2.24, 2.45) is 5.92 Å². The van der Waals surface area contributed by atoms with Crippen LogP contribution in [0, 0.1) is 5.92 Å². The number of piperazine rings is 1. The smallest absolute Gasteiger partial charge is 0.222 e. The second-order valence-electron chi connectivity index (χ2n) is 6.48. The van der Waals surface area contributed by atoms with E-state index in [9.17, 15) is 4.79 Å². The van der Waals surface area contributed by atoms with Crippen LogP contribution in [0.3, 0.4) is 0 Å². The molecule has 0 aromatic heterocycles. The van der Waals surface area contributed by atoms with Crippen LogP contribution in [0.25, 0.3) is 0 Å². The molecule has 2 rings (SSSR count). The van der Waals surface area contributed by atoms with E-state index in [0.29, 0.717) is 30.3 Å². The molecular formula is C18H28N2O. The fourth-order valence-corrected chi connectivity index (χ4v) is 3.16. The molecule has 116 valence electrons. The molecule has 0 saturated carbocycles. The summed E-state index contributed by atoms with van der Waals surface area (Å²) in [4.78, 5) is 14.4. The minimum absolute atomic E-state index is 0.292. The molecule has 0 aliphatic carbocycles. The van der Waals surface area contributed by atoms with Crippen molar-refractivity contribution in [2.75, 3.05) is 13.1 Å². The number of benzene rings is 1. The van der Waals surface area contributed by atoms with E-state index in [2.05, 4.69) is 48.3 Å². The molecular weight excluding hydrogens is 260 g/mol. The van der Waals surface area contributed by atoms with Crippen molar-refractivity contribution in [1.29, 1.82) is 0 Å². The van der Waals surface area contributed by atoms with Crippen LogP contribution in [-0.2, 0) is 11.2 Å². The number of hydrogen-bond acceptors (Lipinski definition) is 2. The van der Waals surface area contributed by atoms with E-state index in [-0.39, 0.29) is 0 Å². The summed E-state index contributed by atoms with van der Waals surface area (Å²) >= 11 is 0. The van der Waals surface area contributed by atoms with Crippen LogP contribution in [0.4, 0.5) is 0 Å². The zero-order valence-electron chi connectivity index (χ0n) is 13.5. The molecule has 21 heavy (non-hydrogen) atoms. The molecule has 0 spiro atoms. The fraction of sp³-hybridized carbons (Fsp3) is 0.611. The molecule has 1 saturated heterocycles. The third-order valence-electron chi connectivity index (χ3n) is 4.19. The number of rotatable bonds is 5. The summed E-state index contributed by atoms with van der Waals surface area (Å²) in [6, 6.07) is 11.2. The predicted molar refractivity (Wildman–Crippen MR) is 87.2 cm³/mol. The lowest BCUT2D eigenvalue weighted by Gasteiger charge is -2.41. The highest BCUT2D eigenvalue weighted by Gasteiger charge is 2.30. The van der Waals surface area contributed by atoms with E-state index in [1.807, 2.05) is 13.0 Å². The number of carbonyl (C=O) groups is 1. The van der Waals surface area contributed by atoms with Crippen LogP contribution in [0.5, 0.6) is 0 Å². The highest BCUT2D eigenvalue weighted by Crippen LogP contribution is 2.18. The van der Waals surface area contributed by atoms with Crippen molar-refractivity contribution < 1.29 is 4.79 Å². The van der Waals surface area contributed by atoms with E-state index in [1.165, 1.54) is 5.56 Å². The topological polar surface area (TPSA) is 32.3 Å². The standard InChI is InChI=1S/C18H28N2O/c1-4-18(21)20-13-16(11-15-8-6-5-7-9-15)19-12-17(20)10-14(2)3/h5-9,14,16-17,19H,4,10-13H2,1-3H3. The van der Waals surface area contributed by atoms with Crippen molar-refractivity contribution in [3.05, 3.63) is 35.9 Å². The van der Waals surface area contributed by atoms with Crippen molar-refractivity contribution in [2.45, 2.75) is 52.1 Å². The molecule has 2 unspecified atom stereocenters. The van der Waals surface area contributed by atoms with Crippen LogP contribution in [0.2, 0.25) is 0 Å². The summed E-state index contributed by atoms with van der Waals surface area (Å²) in [5.41, 5.74) is 1.33. The quantitative estimate of drug-likeness (QED) is 0.903. The van der Waals surface area contributed by atoms with Crippen molar-refractivity contribution in [1.82, 2.24) is 10.2 Å². The number of nitrogens with zero attached hydrogens (tertiary/aromatic N) is 1. The van der Waals surface area contributed by atoms with Gasteiger partial charge in [0.05, 0.1) is 0 Å². The van der Waals surface area contributed by atoms with E-state index < -0.39 is 0 Å². The first-order chi connectivity index (χ1) is 10.1. The van der Waals surface area contributed by atoms with Gasteiger partial charge < -0.3 is 10.2 Å².